The number of hydrogen-bond donors (Lipinski definition) is 1. The van der Waals surface area contributed by atoms with E-state index >= 15 is 0 Å². The first kappa shape index (κ1) is 10.4. The van der Waals surface area contributed by atoms with Crippen molar-refractivity contribution >= 4 is 10.9 Å². The molecule has 1 aliphatic rings. The molecule has 1 fully saturated rings. The van der Waals surface area contributed by atoms with E-state index in [0.29, 0.717) is 30.7 Å². The van der Waals surface area contributed by atoms with E-state index in [9.17, 15) is 9.90 Å². The molecule has 1 saturated heterocycles. The Balaban J connectivity index is 1.95. The monoisotopic (exact) mass is 232 g/mol. The summed E-state index contributed by atoms with van der Waals surface area (Å²) in [5, 5.41) is 17.6. The van der Waals surface area contributed by atoms with Crippen LogP contribution in [-0.4, -0.2) is 44.2 Å². The van der Waals surface area contributed by atoms with E-state index in [1.54, 1.807) is 12.1 Å². The van der Waals surface area contributed by atoms with Crippen molar-refractivity contribution in [1.29, 1.82) is 0 Å². The molecule has 6 nitrogen and oxygen atoms in total. The average molecular weight is 232 g/mol. The molecule has 2 aromatic rings. The zero-order valence-electron chi connectivity index (χ0n) is 9.15. The maximum atomic E-state index is 12.1. The van der Waals surface area contributed by atoms with Gasteiger partial charge in [0.05, 0.1) is 18.2 Å². The fourth-order valence-corrected chi connectivity index (χ4v) is 1.96. The lowest BCUT2D eigenvalue weighted by atomic mass is 10.2. The van der Waals surface area contributed by atoms with E-state index in [2.05, 4.69) is 10.3 Å². The highest BCUT2D eigenvalue weighted by Gasteiger charge is 2.24. The summed E-state index contributed by atoms with van der Waals surface area (Å²) in [7, 11) is 0. The van der Waals surface area contributed by atoms with E-state index in [-0.39, 0.29) is 11.7 Å². The van der Waals surface area contributed by atoms with E-state index in [4.69, 9.17) is 0 Å². The van der Waals surface area contributed by atoms with Crippen LogP contribution in [0, 0.1) is 0 Å². The predicted octanol–water partition coefficient (Wildman–Crippen LogP) is -0.575. The summed E-state index contributed by atoms with van der Waals surface area (Å²) in [6.45, 7) is 1.55. The van der Waals surface area contributed by atoms with Gasteiger partial charge in [-0.15, -0.1) is 5.10 Å². The molecule has 0 bridgehead atoms. The second kappa shape index (κ2) is 3.90. The first-order chi connectivity index (χ1) is 8.24. The molecule has 0 amide bonds. The van der Waals surface area contributed by atoms with Crippen LogP contribution < -0.4 is 5.56 Å². The topological polar surface area (TPSA) is 71.2 Å². The molecule has 1 aromatic heterocycles. The van der Waals surface area contributed by atoms with E-state index in [1.807, 2.05) is 17.0 Å². The second-order valence-electron chi connectivity index (χ2n) is 4.24. The molecule has 6 heteroatoms. The Morgan fingerprint density at radius 1 is 1.35 bits per heavy atom. The van der Waals surface area contributed by atoms with Crippen LogP contribution in [0.15, 0.2) is 29.1 Å². The molecular formula is C11H12N4O2. The lowest BCUT2D eigenvalue weighted by molar-refractivity contribution is -0.0202. The molecule has 17 heavy (non-hydrogen) atoms. The molecule has 3 rings (SSSR count). The molecule has 0 saturated carbocycles. The Morgan fingerprint density at radius 3 is 2.88 bits per heavy atom. The zero-order chi connectivity index (χ0) is 11.8. The minimum atomic E-state index is -0.279. The van der Waals surface area contributed by atoms with Crippen molar-refractivity contribution in [2.45, 2.75) is 12.8 Å². The van der Waals surface area contributed by atoms with Gasteiger partial charge in [-0.05, 0) is 12.1 Å². The zero-order valence-corrected chi connectivity index (χ0v) is 9.15. The summed E-state index contributed by atoms with van der Waals surface area (Å²) < 4.78 is 1.33. The van der Waals surface area contributed by atoms with Gasteiger partial charge >= 0.3 is 0 Å². The number of aliphatic hydroxyl groups is 1. The number of aromatic nitrogens is 3. The third kappa shape index (κ3) is 1.81. The highest BCUT2D eigenvalue weighted by Crippen LogP contribution is 2.08. The van der Waals surface area contributed by atoms with Crippen molar-refractivity contribution in [3.8, 4) is 0 Å². The molecule has 1 aliphatic heterocycles. The number of nitrogens with zero attached hydrogens (tertiary/aromatic N) is 4. The van der Waals surface area contributed by atoms with Gasteiger partial charge < -0.3 is 5.11 Å². The number of benzene rings is 1. The van der Waals surface area contributed by atoms with Crippen LogP contribution >= 0.6 is 0 Å². The first-order valence-electron chi connectivity index (χ1n) is 5.47. The fourth-order valence-electron chi connectivity index (χ4n) is 1.96. The van der Waals surface area contributed by atoms with Crippen LogP contribution in [0.1, 0.15) is 0 Å². The number of aliphatic hydroxyl groups excluding tert-OH is 1. The number of β-amino-alcohol motifs (C(OH)–C–C–N with tert-alkyl or cyclic N) is 1. The smallest absolute Gasteiger partial charge is 0.278 e. The Morgan fingerprint density at radius 2 is 2.12 bits per heavy atom. The van der Waals surface area contributed by atoms with Crippen LogP contribution in [0.2, 0.25) is 0 Å². The van der Waals surface area contributed by atoms with Crippen molar-refractivity contribution in [3.05, 3.63) is 34.6 Å². The number of likely N-dealkylation sites (tertiary alicyclic amines) is 1. The van der Waals surface area contributed by atoms with Gasteiger partial charge in [-0.1, -0.05) is 17.3 Å². The van der Waals surface area contributed by atoms with Crippen molar-refractivity contribution in [2.24, 2.45) is 0 Å². The van der Waals surface area contributed by atoms with Gasteiger partial charge in [0.25, 0.3) is 5.56 Å². The minimum Gasteiger partial charge on any atom is -0.390 e. The van der Waals surface area contributed by atoms with Crippen molar-refractivity contribution in [3.63, 3.8) is 0 Å². The van der Waals surface area contributed by atoms with E-state index in [1.165, 1.54) is 4.68 Å². The van der Waals surface area contributed by atoms with Gasteiger partial charge in [0, 0.05) is 13.1 Å². The molecule has 88 valence electrons. The summed E-state index contributed by atoms with van der Waals surface area (Å²) in [5.41, 5.74) is 0.467. The van der Waals surface area contributed by atoms with Crippen molar-refractivity contribution < 1.29 is 5.11 Å². The molecule has 1 N–H and O–H groups in total. The summed E-state index contributed by atoms with van der Waals surface area (Å²) in [5.74, 6) is 0. The molecular weight excluding hydrogens is 220 g/mol. The maximum absolute atomic E-state index is 12.1. The molecule has 0 spiro atoms. The lowest BCUT2D eigenvalue weighted by Gasteiger charge is -2.35. The second-order valence-corrected chi connectivity index (χ2v) is 4.24. The van der Waals surface area contributed by atoms with E-state index < -0.39 is 0 Å². The molecule has 0 atom stereocenters. The van der Waals surface area contributed by atoms with Gasteiger partial charge in [-0.2, -0.15) is 4.68 Å². The molecule has 0 radical (unpaired) electrons. The van der Waals surface area contributed by atoms with Crippen LogP contribution in [0.25, 0.3) is 10.9 Å². The lowest BCUT2D eigenvalue weighted by Crippen LogP contribution is -2.52. The third-order valence-corrected chi connectivity index (χ3v) is 2.90. The summed E-state index contributed by atoms with van der Waals surface area (Å²) in [6, 6.07) is 7.14. The minimum absolute atomic E-state index is 0.142. The Bertz CT molecular complexity index is 604. The van der Waals surface area contributed by atoms with Gasteiger partial charge in [0.2, 0.25) is 0 Å². The van der Waals surface area contributed by atoms with Gasteiger partial charge in [0.15, 0.2) is 0 Å². The standard InChI is InChI=1S/C11H12N4O2/c16-8-5-14(6-8)7-15-11(17)9-3-1-2-4-10(9)12-13-15/h1-4,8,16H,5-7H2. The first-order valence-corrected chi connectivity index (χ1v) is 5.47. The van der Waals surface area contributed by atoms with Crippen LogP contribution in [-0.2, 0) is 6.67 Å². The Labute approximate surface area is 97.1 Å². The highest BCUT2D eigenvalue weighted by molar-refractivity contribution is 5.76. The Kier molecular flexibility index (Phi) is 2.38. The van der Waals surface area contributed by atoms with Gasteiger partial charge in [-0.3, -0.25) is 9.69 Å². The highest BCUT2D eigenvalue weighted by atomic mass is 16.3. The van der Waals surface area contributed by atoms with Gasteiger partial charge in [0.1, 0.15) is 5.52 Å². The number of hydrogen-bond acceptors (Lipinski definition) is 5. The Hall–Kier alpha value is -1.79. The number of fused-ring (bicyclic) bond motifs is 1. The average Bonchev–Trinajstić information content (AvgIpc) is 2.31. The quantitative estimate of drug-likeness (QED) is 0.750. The van der Waals surface area contributed by atoms with Gasteiger partial charge in [-0.25, -0.2) is 0 Å². The fraction of sp³-hybridized carbons (Fsp3) is 0.364. The predicted molar refractivity (Wildman–Crippen MR) is 61.4 cm³/mol. The number of rotatable bonds is 2. The largest absolute Gasteiger partial charge is 0.390 e. The van der Waals surface area contributed by atoms with E-state index in [0.717, 1.165) is 0 Å². The summed E-state index contributed by atoms with van der Waals surface area (Å²) in [4.78, 5) is 14.0. The summed E-state index contributed by atoms with van der Waals surface area (Å²) >= 11 is 0. The van der Waals surface area contributed by atoms with Crippen LogP contribution in [0.4, 0.5) is 0 Å². The molecule has 2 heterocycles. The molecule has 0 unspecified atom stereocenters. The SMILES string of the molecule is O=c1c2ccccc2nnn1CN1CC(O)C1. The third-order valence-electron chi connectivity index (χ3n) is 2.90. The van der Waals surface area contributed by atoms with Crippen molar-refractivity contribution in [2.75, 3.05) is 13.1 Å². The van der Waals surface area contributed by atoms with Crippen molar-refractivity contribution in [1.82, 2.24) is 19.9 Å². The molecule has 0 aliphatic carbocycles. The van der Waals surface area contributed by atoms with Crippen LogP contribution in [0.5, 0.6) is 0 Å². The summed E-state index contributed by atoms with van der Waals surface area (Å²) in [6.07, 6.45) is -0.279. The van der Waals surface area contributed by atoms with Crippen LogP contribution in [0.3, 0.4) is 0 Å². The maximum Gasteiger partial charge on any atom is 0.278 e. The normalized spacial score (nSPS) is 17.2. The molecule has 1 aromatic carbocycles.